The molecular formula is C25H21ClN2O3S. The molecule has 1 atom stereocenters. The molecule has 4 aromatic carbocycles. The average Bonchev–Trinajstić information content (AvgIpc) is 2.80. The van der Waals surface area contributed by atoms with E-state index in [0.717, 1.165) is 16.3 Å². The Kier molecular flexibility index (Phi) is 6.55. The number of carbonyl (C=O) groups excluding carboxylic acids is 1. The Hall–Kier alpha value is -3.19. The van der Waals surface area contributed by atoms with Crippen molar-refractivity contribution in [1.29, 1.82) is 0 Å². The summed E-state index contributed by atoms with van der Waals surface area (Å²) in [6.45, 7) is 0. The van der Waals surface area contributed by atoms with Gasteiger partial charge >= 0.3 is 0 Å². The molecule has 2 N–H and O–H groups in total. The number of amides is 1. The quantitative estimate of drug-likeness (QED) is 0.403. The highest BCUT2D eigenvalue weighted by atomic mass is 35.5. The van der Waals surface area contributed by atoms with Crippen LogP contribution in [0, 0.1) is 0 Å². The van der Waals surface area contributed by atoms with Crippen LogP contribution in [0.15, 0.2) is 102 Å². The molecule has 4 aromatic rings. The van der Waals surface area contributed by atoms with Crippen LogP contribution in [0.4, 0.5) is 5.69 Å². The fourth-order valence-electron chi connectivity index (χ4n) is 3.46. The number of hydrogen-bond acceptors (Lipinski definition) is 3. The standard InChI is InChI=1S/C25H21ClN2O3S/c26-20-13-15-21(16-14-20)32(30,31)28-24(17-18-7-2-1-3-8-18)25(29)27-23-12-6-10-19-9-4-5-11-22(19)23/h1-16,24,28H,17H2,(H,27,29)/t24-/m0/s1. The summed E-state index contributed by atoms with van der Waals surface area (Å²) in [5.41, 5.74) is 1.46. The van der Waals surface area contributed by atoms with Crippen LogP contribution >= 0.6 is 11.6 Å². The highest BCUT2D eigenvalue weighted by molar-refractivity contribution is 7.89. The molecule has 0 radical (unpaired) electrons. The number of hydrogen-bond donors (Lipinski definition) is 2. The first kappa shape index (κ1) is 22.0. The maximum atomic E-state index is 13.3. The first-order chi connectivity index (χ1) is 15.4. The molecule has 32 heavy (non-hydrogen) atoms. The average molecular weight is 465 g/mol. The van der Waals surface area contributed by atoms with Gasteiger partial charge in [0.2, 0.25) is 15.9 Å². The van der Waals surface area contributed by atoms with Crippen LogP contribution in [0.3, 0.4) is 0 Å². The Morgan fingerprint density at radius 1 is 0.812 bits per heavy atom. The van der Waals surface area contributed by atoms with Gasteiger partial charge in [-0.05, 0) is 47.7 Å². The van der Waals surface area contributed by atoms with Crippen LogP contribution in [0.2, 0.25) is 5.02 Å². The summed E-state index contributed by atoms with van der Waals surface area (Å²) in [7, 11) is -3.95. The van der Waals surface area contributed by atoms with Crippen molar-refractivity contribution in [3.8, 4) is 0 Å². The predicted octanol–water partition coefficient (Wildman–Crippen LogP) is 5.02. The van der Waals surface area contributed by atoms with E-state index in [9.17, 15) is 13.2 Å². The van der Waals surface area contributed by atoms with E-state index in [1.807, 2.05) is 66.7 Å². The molecule has 0 aliphatic rings. The van der Waals surface area contributed by atoms with Gasteiger partial charge in [0.1, 0.15) is 6.04 Å². The first-order valence-electron chi connectivity index (χ1n) is 10.0. The van der Waals surface area contributed by atoms with Gasteiger partial charge in [0.25, 0.3) is 0 Å². The molecule has 1 amide bonds. The van der Waals surface area contributed by atoms with E-state index >= 15 is 0 Å². The van der Waals surface area contributed by atoms with Crippen LogP contribution in [0.1, 0.15) is 5.56 Å². The SMILES string of the molecule is O=C(Nc1cccc2ccccc12)[C@H](Cc1ccccc1)NS(=O)(=O)c1ccc(Cl)cc1. The van der Waals surface area contributed by atoms with Crippen LogP contribution in [0.5, 0.6) is 0 Å². The lowest BCUT2D eigenvalue weighted by molar-refractivity contribution is -0.117. The van der Waals surface area contributed by atoms with E-state index in [1.54, 1.807) is 6.07 Å². The second-order valence-corrected chi connectivity index (χ2v) is 9.48. The second kappa shape index (κ2) is 9.53. The van der Waals surface area contributed by atoms with Gasteiger partial charge in [0.15, 0.2) is 0 Å². The fourth-order valence-corrected chi connectivity index (χ4v) is 4.78. The molecule has 0 heterocycles. The maximum Gasteiger partial charge on any atom is 0.242 e. The molecule has 0 aliphatic carbocycles. The molecular weight excluding hydrogens is 444 g/mol. The van der Waals surface area contributed by atoms with E-state index in [-0.39, 0.29) is 11.3 Å². The van der Waals surface area contributed by atoms with Crippen molar-refractivity contribution in [2.75, 3.05) is 5.32 Å². The molecule has 7 heteroatoms. The zero-order valence-electron chi connectivity index (χ0n) is 17.0. The van der Waals surface area contributed by atoms with Gasteiger partial charge < -0.3 is 5.32 Å². The van der Waals surface area contributed by atoms with Crippen LogP contribution in [-0.4, -0.2) is 20.4 Å². The Bertz CT molecular complexity index is 1340. The third-order valence-electron chi connectivity index (χ3n) is 5.07. The van der Waals surface area contributed by atoms with Gasteiger partial charge in [-0.3, -0.25) is 4.79 Å². The Morgan fingerprint density at radius 3 is 2.22 bits per heavy atom. The van der Waals surface area contributed by atoms with Crippen LogP contribution in [0.25, 0.3) is 10.8 Å². The van der Waals surface area contributed by atoms with Gasteiger partial charge in [-0.1, -0.05) is 78.3 Å². The number of carbonyl (C=O) groups is 1. The molecule has 0 saturated carbocycles. The summed E-state index contributed by atoms with van der Waals surface area (Å²) < 4.78 is 28.5. The van der Waals surface area contributed by atoms with Crippen molar-refractivity contribution in [3.05, 3.63) is 108 Å². The van der Waals surface area contributed by atoms with Crippen molar-refractivity contribution < 1.29 is 13.2 Å². The molecule has 4 rings (SSSR count). The Balaban J connectivity index is 1.64. The molecule has 0 spiro atoms. The number of anilines is 1. The minimum absolute atomic E-state index is 0.0397. The van der Waals surface area contributed by atoms with E-state index in [1.165, 1.54) is 24.3 Å². The summed E-state index contributed by atoms with van der Waals surface area (Å²) in [5, 5.41) is 5.19. The van der Waals surface area contributed by atoms with Crippen molar-refractivity contribution in [3.63, 3.8) is 0 Å². The summed E-state index contributed by atoms with van der Waals surface area (Å²) >= 11 is 5.88. The molecule has 0 fully saturated rings. The molecule has 5 nitrogen and oxygen atoms in total. The lowest BCUT2D eigenvalue weighted by Crippen LogP contribution is -2.45. The summed E-state index contributed by atoms with van der Waals surface area (Å²) in [6.07, 6.45) is 0.199. The molecule has 0 aromatic heterocycles. The zero-order chi connectivity index (χ0) is 22.6. The van der Waals surface area contributed by atoms with Gasteiger partial charge in [-0.25, -0.2) is 8.42 Å². The molecule has 162 valence electrons. The second-order valence-electron chi connectivity index (χ2n) is 7.33. The zero-order valence-corrected chi connectivity index (χ0v) is 18.6. The van der Waals surface area contributed by atoms with Gasteiger partial charge in [-0.15, -0.1) is 0 Å². The molecule has 0 bridgehead atoms. The minimum atomic E-state index is -3.95. The van der Waals surface area contributed by atoms with Gasteiger partial charge in [0.05, 0.1) is 4.90 Å². The van der Waals surface area contributed by atoms with Gasteiger partial charge in [-0.2, -0.15) is 4.72 Å². The smallest absolute Gasteiger partial charge is 0.242 e. The van der Waals surface area contributed by atoms with E-state index in [2.05, 4.69) is 10.0 Å². The van der Waals surface area contributed by atoms with E-state index < -0.39 is 22.0 Å². The number of halogens is 1. The lowest BCUT2D eigenvalue weighted by atomic mass is 10.1. The normalized spacial score (nSPS) is 12.4. The van der Waals surface area contributed by atoms with Crippen LogP contribution in [-0.2, 0) is 21.2 Å². The number of nitrogens with one attached hydrogen (secondary N) is 2. The van der Waals surface area contributed by atoms with E-state index in [0.29, 0.717) is 10.7 Å². The summed E-state index contributed by atoms with van der Waals surface area (Å²) in [6, 6.07) is 27.4. The summed E-state index contributed by atoms with van der Waals surface area (Å²) in [4.78, 5) is 13.3. The Labute approximate surface area is 192 Å². The number of rotatable bonds is 7. The van der Waals surface area contributed by atoms with Crippen molar-refractivity contribution >= 4 is 44.0 Å². The lowest BCUT2D eigenvalue weighted by Gasteiger charge is -2.19. The highest BCUT2D eigenvalue weighted by Gasteiger charge is 2.26. The molecule has 0 aliphatic heterocycles. The largest absolute Gasteiger partial charge is 0.324 e. The third-order valence-corrected chi connectivity index (χ3v) is 6.81. The summed E-state index contributed by atoms with van der Waals surface area (Å²) in [5.74, 6) is -0.442. The topological polar surface area (TPSA) is 75.3 Å². The Morgan fingerprint density at radius 2 is 1.47 bits per heavy atom. The number of fused-ring (bicyclic) bond motifs is 1. The van der Waals surface area contributed by atoms with Crippen molar-refractivity contribution in [1.82, 2.24) is 4.72 Å². The van der Waals surface area contributed by atoms with Crippen molar-refractivity contribution in [2.45, 2.75) is 17.4 Å². The maximum absolute atomic E-state index is 13.3. The predicted molar refractivity (Wildman–Crippen MR) is 128 cm³/mol. The number of benzene rings is 4. The van der Waals surface area contributed by atoms with E-state index in [4.69, 9.17) is 11.6 Å². The first-order valence-corrected chi connectivity index (χ1v) is 11.9. The molecule has 0 unspecified atom stereocenters. The third kappa shape index (κ3) is 5.16. The highest BCUT2D eigenvalue weighted by Crippen LogP contribution is 2.23. The number of sulfonamides is 1. The monoisotopic (exact) mass is 464 g/mol. The molecule has 0 saturated heterocycles. The fraction of sp³-hybridized carbons (Fsp3) is 0.0800. The van der Waals surface area contributed by atoms with Gasteiger partial charge in [0, 0.05) is 16.1 Å². The van der Waals surface area contributed by atoms with Crippen LogP contribution < -0.4 is 10.0 Å². The minimum Gasteiger partial charge on any atom is -0.324 e. The van der Waals surface area contributed by atoms with Crippen molar-refractivity contribution in [2.24, 2.45) is 0 Å².